The average Bonchev–Trinajstić information content (AvgIpc) is 2.77. The molecule has 0 aliphatic carbocycles. The number of hydrogen-bond donors (Lipinski definition) is 2. The number of rotatable bonds is 2. The number of hydrogen-bond acceptors (Lipinski definition) is 5. The van der Waals surface area contributed by atoms with Crippen molar-refractivity contribution in [1.82, 2.24) is 19.5 Å². The molecule has 0 atom stereocenters. The number of fused-ring (bicyclic) bond motifs is 1. The second-order valence-electron chi connectivity index (χ2n) is 3.92. The molecule has 2 aromatic heterocycles. The topological polar surface area (TPSA) is 98.8 Å². The molecule has 0 aliphatic heterocycles. The molecule has 0 fully saturated rings. The van der Waals surface area contributed by atoms with Crippen molar-refractivity contribution in [2.45, 2.75) is 0 Å². The molecule has 0 bridgehead atoms. The normalized spacial score (nSPS) is 10.8. The summed E-state index contributed by atoms with van der Waals surface area (Å²) in [5.41, 5.74) is 6.90. The molecule has 1 aromatic carbocycles. The lowest BCUT2D eigenvalue weighted by Crippen LogP contribution is -2.14. The Kier molecular flexibility index (Phi) is 2.45. The highest BCUT2D eigenvalue weighted by Gasteiger charge is 2.12. The van der Waals surface area contributed by atoms with Gasteiger partial charge in [-0.25, -0.2) is 19.3 Å². The van der Waals surface area contributed by atoms with Gasteiger partial charge in [-0.2, -0.15) is 0 Å². The van der Waals surface area contributed by atoms with Gasteiger partial charge >= 0.3 is 5.69 Å². The lowest BCUT2D eigenvalue weighted by molar-refractivity contribution is 0.414. The fraction of sp³-hybridized carbons (Fsp3) is 0.0833. The first-order valence-electron chi connectivity index (χ1n) is 5.56. The number of H-pyrrole nitrogens is 1. The van der Waals surface area contributed by atoms with E-state index in [2.05, 4.69) is 15.0 Å². The number of anilines is 1. The van der Waals surface area contributed by atoms with Gasteiger partial charge in [0.25, 0.3) is 0 Å². The predicted octanol–water partition coefficient (Wildman–Crippen LogP) is 0.700. The molecule has 0 aliphatic rings. The van der Waals surface area contributed by atoms with E-state index in [4.69, 9.17) is 10.5 Å². The van der Waals surface area contributed by atoms with Gasteiger partial charge in [-0.1, -0.05) is 6.07 Å². The highest BCUT2D eigenvalue weighted by Crippen LogP contribution is 2.19. The van der Waals surface area contributed by atoms with Crippen molar-refractivity contribution < 1.29 is 4.74 Å². The summed E-state index contributed by atoms with van der Waals surface area (Å²) in [6.45, 7) is 0. The molecule has 3 aromatic rings. The van der Waals surface area contributed by atoms with Crippen LogP contribution in [0.1, 0.15) is 0 Å². The van der Waals surface area contributed by atoms with Gasteiger partial charge in [-0.05, 0) is 12.1 Å². The molecule has 2 heterocycles. The van der Waals surface area contributed by atoms with E-state index in [0.29, 0.717) is 22.6 Å². The maximum Gasteiger partial charge on any atom is 0.332 e. The van der Waals surface area contributed by atoms with Crippen molar-refractivity contribution in [3.63, 3.8) is 0 Å². The van der Waals surface area contributed by atoms with Crippen molar-refractivity contribution in [3.05, 3.63) is 41.1 Å². The SMILES string of the molecule is COc1cccc(-n2c(=O)[nH]c3c(N)ncnc32)c1. The Morgan fingerprint density at radius 1 is 1.37 bits per heavy atom. The van der Waals surface area contributed by atoms with Crippen LogP contribution in [0.4, 0.5) is 5.82 Å². The third kappa shape index (κ3) is 1.71. The highest BCUT2D eigenvalue weighted by molar-refractivity contribution is 5.82. The van der Waals surface area contributed by atoms with Gasteiger partial charge in [0.2, 0.25) is 0 Å². The van der Waals surface area contributed by atoms with Crippen LogP contribution >= 0.6 is 0 Å². The first kappa shape index (κ1) is 11.3. The first-order valence-corrected chi connectivity index (χ1v) is 5.56. The minimum absolute atomic E-state index is 0.240. The Morgan fingerprint density at radius 2 is 2.21 bits per heavy atom. The van der Waals surface area contributed by atoms with E-state index in [1.165, 1.54) is 10.9 Å². The quantitative estimate of drug-likeness (QED) is 0.704. The van der Waals surface area contributed by atoms with Crippen molar-refractivity contribution in [1.29, 1.82) is 0 Å². The number of imidazole rings is 1. The first-order chi connectivity index (χ1) is 9.20. The minimum atomic E-state index is -0.324. The zero-order chi connectivity index (χ0) is 13.4. The van der Waals surface area contributed by atoms with E-state index in [9.17, 15) is 4.79 Å². The average molecular weight is 257 g/mol. The summed E-state index contributed by atoms with van der Waals surface area (Å²) in [6.07, 6.45) is 1.32. The zero-order valence-electron chi connectivity index (χ0n) is 10.1. The summed E-state index contributed by atoms with van der Waals surface area (Å²) in [6, 6.07) is 7.12. The lowest BCUT2D eigenvalue weighted by Gasteiger charge is -2.05. The fourth-order valence-corrected chi connectivity index (χ4v) is 1.93. The Balaban J connectivity index is 2.33. The molecular weight excluding hydrogens is 246 g/mol. The maximum absolute atomic E-state index is 12.0. The van der Waals surface area contributed by atoms with E-state index in [-0.39, 0.29) is 11.5 Å². The molecule has 3 N–H and O–H groups in total. The van der Waals surface area contributed by atoms with Crippen LogP contribution in [-0.2, 0) is 0 Å². The van der Waals surface area contributed by atoms with Crippen LogP contribution < -0.4 is 16.2 Å². The van der Waals surface area contributed by atoms with Crippen molar-refractivity contribution >= 4 is 17.0 Å². The lowest BCUT2D eigenvalue weighted by atomic mass is 10.3. The standard InChI is InChI=1S/C12H11N5O2/c1-19-8-4-2-3-7(5-8)17-11-9(16-12(17)18)10(13)14-6-15-11/h2-6H,1H3,(H,16,18)(H2,13,14,15). The number of aromatic nitrogens is 4. The van der Waals surface area contributed by atoms with Gasteiger partial charge in [0.15, 0.2) is 11.5 Å². The van der Waals surface area contributed by atoms with E-state index >= 15 is 0 Å². The number of ether oxygens (including phenoxy) is 1. The Hall–Kier alpha value is -2.83. The van der Waals surface area contributed by atoms with E-state index in [1.54, 1.807) is 31.4 Å². The molecule has 3 rings (SSSR count). The second kappa shape index (κ2) is 4.13. The predicted molar refractivity (Wildman–Crippen MR) is 70.5 cm³/mol. The van der Waals surface area contributed by atoms with Gasteiger partial charge in [0.05, 0.1) is 12.8 Å². The largest absolute Gasteiger partial charge is 0.497 e. The highest BCUT2D eigenvalue weighted by atomic mass is 16.5. The van der Waals surface area contributed by atoms with Gasteiger partial charge in [0, 0.05) is 6.07 Å². The van der Waals surface area contributed by atoms with Gasteiger partial charge in [-0.3, -0.25) is 0 Å². The van der Waals surface area contributed by atoms with Crippen LogP contribution in [-0.4, -0.2) is 26.6 Å². The number of benzene rings is 1. The van der Waals surface area contributed by atoms with E-state index < -0.39 is 0 Å². The summed E-state index contributed by atoms with van der Waals surface area (Å²) in [5.74, 6) is 0.893. The van der Waals surface area contributed by atoms with E-state index in [0.717, 1.165) is 0 Å². The van der Waals surface area contributed by atoms with Gasteiger partial charge in [0.1, 0.15) is 17.6 Å². The maximum atomic E-state index is 12.0. The molecule has 19 heavy (non-hydrogen) atoms. The molecule has 7 heteroatoms. The van der Waals surface area contributed by atoms with Crippen molar-refractivity contribution in [3.8, 4) is 11.4 Å². The third-order valence-electron chi connectivity index (χ3n) is 2.81. The molecule has 0 unspecified atom stereocenters. The van der Waals surface area contributed by atoms with Crippen LogP contribution in [0.3, 0.4) is 0 Å². The number of nitrogens with zero attached hydrogens (tertiary/aromatic N) is 3. The van der Waals surface area contributed by atoms with Crippen LogP contribution in [0.2, 0.25) is 0 Å². The molecule has 7 nitrogen and oxygen atoms in total. The second-order valence-corrected chi connectivity index (χ2v) is 3.92. The van der Waals surface area contributed by atoms with Crippen molar-refractivity contribution in [2.24, 2.45) is 0 Å². The summed E-state index contributed by atoms with van der Waals surface area (Å²) in [4.78, 5) is 22.6. The van der Waals surface area contributed by atoms with Crippen molar-refractivity contribution in [2.75, 3.05) is 12.8 Å². The van der Waals surface area contributed by atoms with E-state index in [1.807, 2.05) is 0 Å². The Morgan fingerprint density at radius 3 is 3.00 bits per heavy atom. The van der Waals surface area contributed by atoms with Crippen LogP contribution in [0.15, 0.2) is 35.4 Å². The Bertz CT molecular complexity index is 805. The number of methoxy groups -OCH3 is 1. The van der Waals surface area contributed by atoms with Crippen LogP contribution in [0.5, 0.6) is 5.75 Å². The Labute approximate surface area is 107 Å². The summed E-state index contributed by atoms with van der Waals surface area (Å²) < 4.78 is 6.57. The molecule has 0 saturated heterocycles. The molecular formula is C12H11N5O2. The fourth-order valence-electron chi connectivity index (χ4n) is 1.93. The smallest absolute Gasteiger partial charge is 0.332 e. The van der Waals surface area contributed by atoms with Crippen LogP contribution in [0.25, 0.3) is 16.9 Å². The van der Waals surface area contributed by atoms with Gasteiger partial charge in [-0.15, -0.1) is 0 Å². The molecule has 0 spiro atoms. The molecule has 0 amide bonds. The minimum Gasteiger partial charge on any atom is -0.497 e. The molecule has 0 saturated carbocycles. The number of nitrogen functional groups attached to an aromatic ring is 1. The van der Waals surface area contributed by atoms with Gasteiger partial charge < -0.3 is 15.5 Å². The monoisotopic (exact) mass is 257 g/mol. The summed E-state index contributed by atoms with van der Waals surface area (Å²) in [5, 5.41) is 0. The number of nitrogens with one attached hydrogen (secondary N) is 1. The third-order valence-corrected chi connectivity index (χ3v) is 2.81. The molecule has 0 radical (unpaired) electrons. The zero-order valence-corrected chi connectivity index (χ0v) is 10.1. The summed E-state index contributed by atoms with van der Waals surface area (Å²) >= 11 is 0. The number of nitrogens with two attached hydrogens (primary N) is 1. The van der Waals surface area contributed by atoms with Crippen LogP contribution in [0, 0.1) is 0 Å². The molecule has 96 valence electrons. The summed E-state index contributed by atoms with van der Waals surface area (Å²) in [7, 11) is 1.57. The number of aromatic amines is 1.